The van der Waals surface area contributed by atoms with Gasteiger partial charge in [0.05, 0.1) is 18.5 Å². The van der Waals surface area contributed by atoms with Gasteiger partial charge < -0.3 is 9.26 Å². The molecule has 0 aromatic carbocycles. The zero-order valence-corrected chi connectivity index (χ0v) is 13.8. The second kappa shape index (κ2) is 5.86. The van der Waals surface area contributed by atoms with Gasteiger partial charge in [-0.1, -0.05) is 5.16 Å². The number of esters is 1. The van der Waals surface area contributed by atoms with Gasteiger partial charge in [0.2, 0.25) is 11.7 Å². The predicted molar refractivity (Wildman–Crippen MR) is 80.7 cm³/mol. The van der Waals surface area contributed by atoms with E-state index in [1.165, 1.54) is 18.4 Å². The number of thiophene rings is 1. The van der Waals surface area contributed by atoms with E-state index in [1.54, 1.807) is 0 Å². The zero-order chi connectivity index (χ0) is 14.9. The van der Waals surface area contributed by atoms with E-state index < -0.39 is 5.54 Å². The van der Waals surface area contributed by atoms with E-state index in [0.29, 0.717) is 18.3 Å². The summed E-state index contributed by atoms with van der Waals surface area (Å²) in [6, 6.07) is 1.94. The van der Waals surface area contributed by atoms with Crippen molar-refractivity contribution >= 4 is 33.2 Å². The lowest BCUT2D eigenvalue weighted by Gasteiger charge is -2.39. The summed E-state index contributed by atoms with van der Waals surface area (Å²) in [4.78, 5) is 17.1. The molecule has 0 unspecified atom stereocenters. The Kier molecular flexibility index (Phi) is 4.10. The number of nitrogens with one attached hydrogen (secondary N) is 1. The van der Waals surface area contributed by atoms with Crippen molar-refractivity contribution in [3.8, 4) is 10.7 Å². The minimum Gasteiger partial charge on any atom is -0.468 e. The number of halogens is 1. The molecule has 1 N–H and O–H groups in total. The highest BCUT2D eigenvalue weighted by atomic mass is 79.9. The minimum atomic E-state index is -0.588. The Balaban J connectivity index is 1.66. The van der Waals surface area contributed by atoms with Crippen molar-refractivity contribution in [3.63, 3.8) is 0 Å². The molecule has 1 aliphatic rings. The third-order valence-corrected chi connectivity index (χ3v) is 5.30. The van der Waals surface area contributed by atoms with E-state index >= 15 is 0 Å². The summed E-state index contributed by atoms with van der Waals surface area (Å²) in [7, 11) is 1.41. The maximum absolute atomic E-state index is 11.8. The third-order valence-electron chi connectivity index (χ3n) is 3.62. The molecule has 0 amide bonds. The first-order valence-corrected chi connectivity index (χ1v) is 8.21. The molecular formula is C13H14BrN3O3S. The quantitative estimate of drug-likeness (QED) is 0.814. The first kappa shape index (κ1) is 14.7. The van der Waals surface area contributed by atoms with E-state index in [4.69, 9.17) is 9.26 Å². The molecule has 112 valence electrons. The van der Waals surface area contributed by atoms with E-state index in [0.717, 1.165) is 28.6 Å². The second-order valence-corrected chi connectivity index (χ2v) is 6.75. The van der Waals surface area contributed by atoms with E-state index in [-0.39, 0.29) is 5.97 Å². The lowest BCUT2D eigenvalue weighted by Crippen LogP contribution is -2.57. The summed E-state index contributed by atoms with van der Waals surface area (Å²) >= 11 is 4.93. The summed E-state index contributed by atoms with van der Waals surface area (Å²) in [6.07, 6.45) is 2.57. The van der Waals surface area contributed by atoms with Gasteiger partial charge in [-0.15, -0.1) is 11.3 Å². The lowest BCUT2D eigenvalue weighted by molar-refractivity contribution is -0.152. The molecule has 1 saturated carbocycles. The monoisotopic (exact) mass is 371 g/mol. The Hall–Kier alpha value is -1.25. The van der Waals surface area contributed by atoms with Crippen LogP contribution in [0.4, 0.5) is 0 Å². The standard InChI is InChI=1S/C13H14BrN3O3S/c1-19-12(18)13(3-2-4-13)15-6-10-16-11(17-20-10)9-5-8(14)7-21-9/h5,7,15H,2-4,6H2,1H3. The fraction of sp³-hybridized carbons (Fsp3) is 0.462. The number of aromatic nitrogens is 2. The average molecular weight is 372 g/mol. The maximum atomic E-state index is 11.8. The number of hydrogen-bond acceptors (Lipinski definition) is 7. The molecule has 1 fully saturated rings. The molecule has 2 aromatic rings. The zero-order valence-electron chi connectivity index (χ0n) is 11.4. The van der Waals surface area contributed by atoms with Crippen LogP contribution in [0.15, 0.2) is 20.4 Å². The summed E-state index contributed by atoms with van der Waals surface area (Å²) in [5.41, 5.74) is -0.588. The number of hydrogen-bond donors (Lipinski definition) is 1. The van der Waals surface area contributed by atoms with E-state index in [9.17, 15) is 4.79 Å². The van der Waals surface area contributed by atoms with Crippen molar-refractivity contribution < 1.29 is 14.1 Å². The number of carbonyl (C=O) groups is 1. The highest BCUT2D eigenvalue weighted by Crippen LogP contribution is 2.33. The van der Waals surface area contributed by atoms with Crippen LogP contribution in [0, 0.1) is 0 Å². The van der Waals surface area contributed by atoms with Crippen molar-refractivity contribution in [2.75, 3.05) is 7.11 Å². The topological polar surface area (TPSA) is 77.2 Å². The molecule has 1 aliphatic carbocycles. The lowest BCUT2D eigenvalue weighted by atomic mass is 9.77. The molecule has 0 saturated heterocycles. The van der Waals surface area contributed by atoms with Crippen molar-refractivity contribution in [3.05, 3.63) is 21.8 Å². The Bertz CT molecular complexity index is 651. The van der Waals surface area contributed by atoms with E-state index in [1.807, 2.05) is 11.4 Å². The van der Waals surface area contributed by atoms with Crippen LogP contribution in [0.2, 0.25) is 0 Å². The molecule has 21 heavy (non-hydrogen) atoms. The Morgan fingerprint density at radius 1 is 1.62 bits per heavy atom. The first-order chi connectivity index (χ1) is 10.1. The van der Waals surface area contributed by atoms with Crippen LogP contribution in [0.5, 0.6) is 0 Å². The molecule has 0 atom stereocenters. The first-order valence-electron chi connectivity index (χ1n) is 6.53. The smallest absolute Gasteiger partial charge is 0.326 e. The van der Waals surface area contributed by atoms with Gasteiger partial charge in [0.15, 0.2) is 0 Å². The van der Waals surface area contributed by atoms with Crippen LogP contribution in [0.1, 0.15) is 25.2 Å². The fourth-order valence-electron chi connectivity index (χ4n) is 2.28. The molecule has 3 rings (SSSR count). The van der Waals surface area contributed by atoms with Gasteiger partial charge >= 0.3 is 5.97 Å². The van der Waals surface area contributed by atoms with Crippen molar-refractivity contribution in [2.24, 2.45) is 0 Å². The van der Waals surface area contributed by atoms with Gasteiger partial charge in [0.25, 0.3) is 0 Å². The average Bonchev–Trinajstić information content (AvgIpc) is 3.06. The minimum absolute atomic E-state index is 0.226. The fourth-order valence-corrected chi connectivity index (χ4v) is 3.63. The normalized spacial score (nSPS) is 16.5. The highest BCUT2D eigenvalue weighted by Gasteiger charge is 2.45. The number of carbonyl (C=O) groups excluding carboxylic acids is 1. The van der Waals surface area contributed by atoms with Gasteiger partial charge in [-0.25, -0.2) is 0 Å². The molecule has 8 heteroatoms. The van der Waals surface area contributed by atoms with Gasteiger partial charge in [0, 0.05) is 9.85 Å². The van der Waals surface area contributed by atoms with Crippen LogP contribution in [-0.4, -0.2) is 28.8 Å². The number of ether oxygens (including phenoxy) is 1. The number of nitrogens with zero attached hydrogens (tertiary/aromatic N) is 2. The number of rotatable bonds is 5. The molecule has 0 radical (unpaired) electrons. The molecule has 0 aliphatic heterocycles. The highest BCUT2D eigenvalue weighted by molar-refractivity contribution is 9.10. The van der Waals surface area contributed by atoms with Crippen LogP contribution in [0.3, 0.4) is 0 Å². The summed E-state index contributed by atoms with van der Waals surface area (Å²) < 4.78 is 11.1. The largest absolute Gasteiger partial charge is 0.468 e. The van der Waals surface area contributed by atoms with Gasteiger partial charge in [-0.3, -0.25) is 10.1 Å². The molecular weight excluding hydrogens is 358 g/mol. The molecule has 2 heterocycles. The number of methoxy groups -OCH3 is 1. The van der Waals surface area contributed by atoms with Crippen molar-refractivity contribution in [1.82, 2.24) is 15.5 Å². The third kappa shape index (κ3) is 2.88. The van der Waals surface area contributed by atoms with Crippen LogP contribution < -0.4 is 5.32 Å². The predicted octanol–water partition coefficient (Wildman–Crippen LogP) is 2.75. The Labute approximate surface area is 134 Å². The summed E-state index contributed by atoms with van der Waals surface area (Å²) in [5, 5.41) is 9.11. The second-order valence-electron chi connectivity index (χ2n) is 4.92. The molecule has 2 aromatic heterocycles. The van der Waals surface area contributed by atoms with Gasteiger partial charge in [0.1, 0.15) is 5.54 Å². The van der Waals surface area contributed by atoms with Crippen LogP contribution in [-0.2, 0) is 16.1 Å². The SMILES string of the molecule is COC(=O)C1(NCc2nc(-c3cc(Br)cs3)no2)CCC1. The summed E-state index contributed by atoms with van der Waals surface area (Å²) in [5.74, 6) is 0.795. The van der Waals surface area contributed by atoms with Crippen LogP contribution in [0.25, 0.3) is 10.7 Å². The Morgan fingerprint density at radius 2 is 2.43 bits per heavy atom. The molecule has 0 bridgehead atoms. The molecule has 6 nitrogen and oxygen atoms in total. The van der Waals surface area contributed by atoms with Crippen molar-refractivity contribution in [2.45, 2.75) is 31.3 Å². The van der Waals surface area contributed by atoms with Gasteiger partial charge in [-0.05, 0) is 41.3 Å². The van der Waals surface area contributed by atoms with Gasteiger partial charge in [-0.2, -0.15) is 4.98 Å². The van der Waals surface area contributed by atoms with Crippen molar-refractivity contribution in [1.29, 1.82) is 0 Å². The van der Waals surface area contributed by atoms with Crippen LogP contribution >= 0.6 is 27.3 Å². The van der Waals surface area contributed by atoms with E-state index in [2.05, 4.69) is 31.4 Å². The summed E-state index contributed by atoms with van der Waals surface area (Å²) in [6.45, 7) is 0.356. The maximum Gasteiger partial charge on any atom is 0.326 e. The Morgan fingerprint density at radius 3 is 3.00 bits per heavy atom. The molecule has 0 spiro atoms.